The summed E-state index contributed by atoms with van der Waals surface area (Å²) in [7, 11) is 0. The summed E-state index contributed by atoms with van der Waals surface area (Å²) in [5.41, 5.74) is 2.05. The first-order valence-corrected chi connectivity index (χ1v) is 10.7. The zero-order chi connectivity index (χ0) is 19.9. The molecule has 1 aromatic heterocycles. The van der Waals surface area contributed by atoms with Crippen molar-refractivity contribution < 1.29 is 9.53 Å². The van der Waals surface area contributed by atoms with Crippen molar-refractivity contribution >= 4 is 32.7 Å². The molecule has 7 nitrogen and oxygen atoms in total. The average molecular weight is 402 g/mol. The van der Waals surface area contributed by atoms with Crippen molar-refractivity contribution in [3.63, 3.8) is 0 Å². The molecule has 150 valence electrons. The lowest BCUT2D eigenvalue weighted by molar-refractivity contribution is 0.234. The standard InChI is InChI=1S/C20H27N5O2S/c1-3-9-25(10-8-21)13-14(4-2)12-22-19(26)24-20-23-18-15-7-11-27-16(15)5-6-17(18)28-20/h5-6,14H,3-4,7,9-13H2,1-2H3,(H2,22,23,24,26)/t14-/m0/s1. The van der Waals surface area contributed by atoms with Crippen LogP contribution in [-0.2, 0) is 6.42 Å². The lowest BCUT2D eigenvalue weighted by Gasteiger charge is -2.24. The van der Waals surface area contributed by atoms with Crippen molar-refractivity contribution in [2.24, 2.45) is 5.92 Å². The molecule has 0 radical (unpaired) electrons. The van der Waals surface area contributed by atoms with Gasteiger partial charge in [0.1, 0.15) is 5.75 Å². The number of nitrogens with one attached hydrogen (secondary N) is 2. The lowest BCUT2D eigenvalue weighted by Crippen LogP contribution is -2.38. The molecular formula is C20H27N5O2S. The van der Waals surface area contributed by atoms with Crippen LogP contribution in [-0.4, -0.2) is 48.7 Å². The van der Waals surface area contributed by atoms with Crippen LogP contribution in [0.4, 0.5) is 9.93 Å². The molecule has 3 rings (SSSR count). The van der Waals surface area contributed by atoms with E-state index < -0.39 is 0 Å². The third-order valence-corrected chi connectivity index (χ3v) is 5.87. The molecule has 1 aromatic carbocycles. The number of carbonyl (C=O) groups excluding carboxylic acids is 1. The van der Waals surface area contributed by atoms with E-state index in [1.165, 1.54) is 11.3 Å². The van der Waals surface area contributed by atoms with Gasteiger partial charge < -0.3 is 10.1 Å². The Bertz CT molecular complexity index is 860. The molecule has 2 amide bonds. The average Bonchev–Trinajstić information content (AvgIpc) is 3.31. The maximum Gasteiger partial charge on any atom is 0.321 e. The smallest absolute Gasteiger partial charge is 0.321 e. The van der Waals surface area contributed by atoms with Crippen LogP contribution in [0.25, 0.3) is 10.2 Å². The second-order valence-electron chi connectivity index (χ2n) is 7.01. The summed E-state index contributed by atoms with van der Waals surface area (Å²) in [4.78, 5) is 19.1. The Morgan fingerprint density at radius 2 is 2.32 bits per heavy atom. The van der Waals surface area contributed by atoms with E-state index in [2.05, 4.69) is 40.4 Å². The fraction of sp³-hybridized carbons (Fsp3) is 0.550. The predicted octanol–water partition coefficient (Wildman–Crippen LogP) is 3.61. The Morgan fingerprint density at radius 3 is 3.07 bits per heavy atom. The van der Waals surface area contributed by atoms with E-state index in [1.807, 2.05) is 12.1 Å². The largest absolute Gasteiger partial charge is 0.493 e. The number of hydrogen-bond donors (Lipinski definition) is 2. The lowest BCUT2D eigenvalue weighted by atomic mass is 10.1. The molecule has 0 spiro atoms. The highest BCUT2D eigenvalue weighted by Gasteiger charge is 2.19. The first-order valence-electron chi connectivity index (χ1n) is 9.83. The SMILES string of the molecule is CCCN(CC#N)C[C@@H](CC)CNC(=O)Nc1nc2c3c(ccc2s1)OCC3. The van der Waals surface area contributed by atoms with E-state index >= 15 is 0 Å². The molecule has 28 heavy (non-hydrogen) atoms. The molecular weight excluding hydrogens is 374 g/mol. The molecule has 0 saturated heterocycles. The van der Waals surface area contributed by atoms with Crippen LogP contribution in [0.1, 0.15) is 32.3 Å². The number of rotatable bonds is 9. The van der Waals surface area contributed by atoms with Crippen LogP contribution in [0.2, 0.25) is 0 Å². The van der Waals surface area contributed by atoms with Gasteiger partial charge in [-0.3, -0.25) is 10.2 Å². The summed E-state index contributed by atoms with van der Waals surface area (Å²) in [5.74, 6) is 1.20. The Balaban J connectivity index is 1.55. The summed E-state index contributed by atoms with van der Waals surface area (Å²) in [6.07, 6.45) is 2.81. The second-order valence-corrected chi connectivity index (χ2v) is 8.04. The van der Waals surface area contributed by atoms with Crippen molar-refractivity contribution in [3.05, 3.63) is 17.7 Å². The number of amides is 2. The fourth-order valence-electron chi connectivity index (χ4n) is 3.46. The minimum Gasteiger partial charge on any atom is -0.493 e. The molecule has 0 unspecified atom stereocenters. The molecule has 0 saturated carbocycles. The number of urea groups is 1. The van der Waals surface area contributed by atoms with Gasteiger partial charge in [-0.05, 0) is 31.0 Å². The van der Waals surface area contributed by atoms with Gasteiger partial charge in [-0.15, -0.1) is 0 Å². The number of nitriles is 1. The maximum absolute atomic E-state index is 12.3. The van der Waals surface area contributed by atoms with E-state index in [0.717, 1.165) is 53.9 Å². The summed E-state index contributed by atoms with van der Waals surface area (Å²) >= 11 is 1.47. The fourth-order valence-corrected chi connectivity index (χ4v) is 4.35. The van der Waals surface area contributed by atoms with E-state index in [0.29, 0.717) is 30.7 Å². The van der Waals surface area contributed by atoms with E-state index in [9.17, 15) is 4.79 Å². The molecule has 0 bridgehead atoms. The van der Waals surface area contributed by atoms with E-state index in [-0.39, 0.29) is 6.03 Å². The minimum atomic E-state index is -0.243. The molecule has 1 aliphatic heterocycles. The van der Waals surface area contributed by atoms with Crippen molar-refractivity contribution in [3.8, 4) is 11.8 Å². The number of thiazole rings is 1. The quantitative estimate of drug-likeness (QED) is 0.627. The van der Waals surface area contributed by atoms with Crippen molar-refractivity contribution in [2.45, 2.75) is 33.1 Å². The molecule has 2 aromatic rings. The van der Waals surface area contributed by atoms with Gasteiger partial charge in [-0.1, -0.05) is 31.6 Å². The van der Waals surface area contributed by atoms with Gasteiger partial charge in [-0.2, -0.15) is 5.26 Å². The number of hydrogen-bond acceptors (Lipinski definition) is 6. The molecule has 0 aliphatic carbocycles. The topological polar surface area (TPSA) is 90.3 Å². The molecule has 2 N–H and O–H groups in total. The predicted molar refractivity (Wildman–Crippen MR) is 112 cm³/mol. The first kappa shape index (κ1) is 20.4. The number of nitrogens with zero attached hydrogens (tertiary/aromatic N) is 3. The monoisotopic (exact) mass is 401 g/mol. The van der Waals surface area contributed by atoms with Crippen molar-refractivity contribution in [2.75, 3.05) is 38.1 Å². The van der Waals surface area contributed by atoms with E-state index in [1.54, 1.807) is 0 Å². The number of anilines is 1. The summed E-state index contributed by atoms with van der Waals surface area (Å²) in [6, 6.07) is 5.94. The summed E-state index contributed by atoms with van der Waals surface area (Å²) in [6.45, 7) is 7.61. The van der Waals surface area contributed by atoms with Gasteiger partial charge in [0.15, 0.2) is 5.13 Å². The van der Waals surface area contributed by atoms with Gasteiger partial charge in [0, 0.05) is 25.1 Å². The van der Waals surface area contributed by atoms with Crippen molar-refractivity contribution in [1.29, 1.82) is 5.26 Å². The van der Waals surface area contributed by atoms with Crippen molar-refractivity contribution in [1.82, 2.24) is 15.2 Å². The highest BCUT2D eigenvalue weighted by molar-refractivity contribution is 7.22. The van der Waals surface area contributed by atoms with Crippen LogP contribution >= 0.6 is 11.3 Å². The Morgan fingerprint density at radius 1 is 1.46 bits per heavy atom. The van der Waals surface area contributed by atoms with Gasteiger partial charge in [0.05, 0.1) is 29.4 Å². The molecule has 1 aliphatic rings. The number of benzene rings is 1. The number of carbonyl (C=O) groups is 1. The van der Waals surface area contributed by atoms with Gasteiger partial charge in [-0.25, -0.2) is 9.78 Å². The third kappa shape index (κ3) is 4.91. The first-order chi connectivity index (χ1) is 13.6. The van der Waals surface area contributed by atoms with Crippen LogP contribution in [0.5, 0.6) is 5.75 Å². The number of ether oxygens (including phenoxy) is 1. The zero-order valence-corrected chi connectivity index (χ0v) is 17.3. The zero-order valence-electron chi connectivity index (χ0n) is 16.5. The van der Waals surface area contributed by atoms with Gasteiger partial charge >= 0.3 is 6.03 Å². The van der Waals surface area contributed by atoms with Crippen LogP contribution < -0.4 is 15.4 Å². The van der Waals surface area contributed by atoms with Crippen LogP contribution in [0, 0.1) is 17.2 Å². The Kier molecular flexibility index (Phi) is 7.06. The third-order valence-electron chi connectivity index (χ3n) is 4.93. The Labute approximate surface area is 169 Å². The van der Waals surface area contributed by atoms with Crippen LogP contribution in [0.15, 0.2) is 12.1 Å². The highest BCUT2D eigenvalue weighted by atomic mass is 32.1. The maximum atomic E-state index is 12.3. The highest BCUT2D eigenvalue weighted by Crippen LogP contribution is 2.36. The van der Waals surface area contributed by atoms with Gasteiger partial charge in [0.25, 0.3) is 0 Å². The Hall–Kier alpha value is -2.37. The number of fused-ring (bicyclic) bond motifs is 3. The molecule has 2 heterocycles. The number of aromatic nitrogens is 1. The van der Waals surface area contributed by atoms with E-state index in [4.69, 9.17) is 10.00 Å². The summed E-state index contributed by atoms with van der Waals surface area (Å²) in [5, 5.41) is 15.4. The molecule has 1 atom stereocenters. The normalized spacial score (nSPS) is 13.8. The van der Waals surface area contributed by atoms with Crippen LogP contribution in [0.3, 0.4) is 0 Å². The second kappa shape index (κ2) is 9.71. The summed E-state index contributed by atoms with van der Waals surface area (Å²) < 4.78 is 6.63. The van der Waals surface area contributed by atoms with Gasteiger partial charge in [0.2, 0.25) is 0 Å². The minimum absolute atomic E-state index is 0.243. The molecule has 0 fully saturated rings. The molecule has 8 heteroatoms.